The van der Waals surface area contributed by atoms with Gasteiger partial charge in [0.1, 0.15) is 0 Å². The minimum absolute atomic E-state index is 0.285. The van der Waals surface area contributed by atoms with Gasteiger partial charge in [-0.25, -0.2) is 0 Å². The average Bonchev–Trinajstić information content (AvgIpc) is 3.30. The largest absolute Gasteiger partial charge is 0.375 e. The van der Waals surface area contributed by atoms with Crippen LogP contribution < -0.4 is 4.90 Å². The van der Waals surface area contributed by atoms with Gasteiger partial charge in [-0.3, -0.25) is 9.59 Å². The van der Waals surface area contributed by atoms with Crippen LogP contribution in [0.25, 0.3) is 6.08 Å². The van der Waals surface area contributed by atoms with Crippen LogP contribution in [0.5, 0.6) is 0 Å². The zero-order valence-electron chi connectivity index (χ0n) is 15.1. The Morgan fingerprint density at radius 1 is 1.04 bits per heavy atom. The number of nitrogens with zero attached hydrogens (tertiary/aromatic N) is 1. The van der Waals surface area contributed by atoms with Crippen molar-refractivity contribution in [1.82, 2.24) is 0 Å². The lowest BCUT2D eigenvalue weighted by atomic mass is 9.89. The number of para-hydroxylation sites is 1. The van der Waals surface area contributed by atoms with E-state index in [1.165, 1.54) is 6.08 Å². The molecule has 0 radical (unpaired) electrons. The molecule has 0 bridgehead atoms. The molecule has 1 aliphatic rings. The second-order valence-electron chi connectivity index (χ2n) is 6.74. The molecule has 1 amide bonds. The molecule has 1 unspecified atom stereocenters. The van der Waals surface area contributed by atoms with E-state index in [1.54, 1.807) is 34.4 Å². The first-order valence-electron chi connectivity index (χ1n) is 9.00. The van der Waals surface area contributed by atoms with Crippen molar-refractivity contribution in [2.75, 3.05) is 4.90 Å². The molecule has 0 saturated heterocycles. The molecule has 0 aliphatic carbocycles. The summed E-state index contributed by atoms with van der Waals surface area (Å²) in [6.07, 6.45) is 2.83. The molecule has 1 aliphatic heterocycles. The number of aliphatic hydroxyl groups is 1. The average molecular weight is 389 g/mol. The molecular formula is C23H19NO3S. The molecule has 0 spiro atoms. The summed E-state index contributed by atoms with van der Waals surface area (Å²) in [6.45, 7) is 0.379. The predicted octanol–water partition coefficient (Wildman–Crippen LogP) is 4.16. The Kier molecular flexibility index (Phi) is 4.94. The Morgan fingerprint density at radius 3 is 2.54 bits per heavy atom. The normalized spacial score (nSPS) is 18.6. The zero-order valence-corrected chi connectivity index (χ0v) is 15.9. The Labute approximate surface area is 167 Å². The SMILES string of the molecule is O=C(/C=C/c1ccccc1)CC1(O)C(=O)N(Cc2cccs2)c2ccccc21. The number of amides is 1. The maximum atomic E-state index is 13.1. The van der Waals surface area contributed by atoms with Crippen molar-refractivity contribution in [3.63, 3.8) is 0 Å². The van der Waals surface area contributed by atoms with E-state index in [0.29, 0.717) is 17.8 Å². The van der Waals surface area contributed by atoms with Crippen molar-refractivity contribution in [3.8, 4) is 0 Å². The molecule has 0 saturated carbocycles. The van der Waals surface area contributed by atoms with Gasteiger partial charge in [0.2, 0.25) is 0 Å². The maximum Gasteiger partial charge on any atom is 0.264 e. The van der Waals surface area contributed by atoms with Crippen molar-refractivity contribution < 1.29 is 14.7 Å². The fourth-order valence-corrected chi connectivity index (χ4v) is 4.15. The van der Waals surface area contributed by atoms with Gasteiger partial charge in [0, 0.05) is 10.4 Å². The molecule has 4 nitrogen and oxygen atoms in total. The van der Waals surface area contributed by atoms with E-state index in [1.807, 2.05) is 60.0 Å². The second-order valence-corrected chi connectivity index (χ2v) is 7.77. The van der Waals surface area contributed by atoms with E-state index in [4.69, 9.17) is 0 Å². The molecule has 1 aromatic heterocycles. The number of carbonyl (C=O) groups is 2. The van der Waals surface area contributed by atoms with Crippen molar-refractivity contribution in [1.29, 1.82) is 0 Å². The van der Waals surface area contributed by atoms with Crippen molar-refractivity contribution >= 4 is 34.8 Å². The van der Waals surface area contributed by atoms with Gasteiger partial charge in [0.15, 0.2) is 11.4 Å². The molecule has 3 aromatic rings. The first-order chi connectivity index (χ1) is 13.6. The third-order valence-corrected chi connectivity index (χ3v) is 5.69. The lowest BCUT2D eigenvalue weighted by Crippen LogP contribution is -2.41. The van der Waals surface area contributed by atoms with E-state index >= 15 is 0 Å². The van der Waals surface area contributed by atoms with Gasteiger partial charge in [-0.1, -0.05) is 60.7 Å². The molecule has 28 heavy (non-hydrogen) atoms. The highest BCUT2D eigenvalue weighted by Gasteiger charge is 2.50. The van der Waals surface area contributed by atoms with Crippen molar-refractivity contribution in [2.45, 2.75) is 18.6 Å². The summed E-state index contributed by atoms with van der Waals surface area (Å²) in [7, 11) is 0. The lowest BCUT2D eigenvalue weighted by molar-refractivity contribution is -0.140. The van der Waals surface area contributed by atoms with E-state index in [2.05, 4.69) is 0 Å². The van der Waals surface area contributed by atoms with Crippen LogP contribution in [0.2, 0.25) is 0 Å². The summed E-state index contributed by atoms with van der Waals surface area (Å²) in [6, 6.07) is 20.5. The van der Waals surface area contributed by atoms with Crippen LogP contribution >= 0.6 is 11.3 Å². The summed E-state index contributed by atoms with van der Waals surface area (Å²) in [4.78, 5) is 28.2. The number of thiophene rings is 1. The number of allylic oxidation sites excluding steroid dienone is 1. The number of hydrogen-bond acceptors (Lipinski definition) is 4. The number of rotatable bonds is 6. The quantitative estimate of drug-likeness (QED) is 0.644. The molecule has 140 valence electrons. The van der Waals surface area contributed by atoms with Crippen LogP contribution in [0.1, 0.15) is 22.4 Å². The molecule has 5 heteroatoms. The molecular weight excluding hydrogens is 370 g/mol. The van der Waals surface area contributed by atoms with Crippen molar-refractivity contribution in [3.05, 3.63) is 94.2 Å². The highest BCUT2D eigenvalue weighted by molar-refractivity contribution is 7.09. The molecule has 1 N–H and O–H groups in total. The molecule has 1 atom stereocenters. The highest BCUT2D eigenvalue weighted by atomic mass is 32.1. The van der Waals surface area contributed by atoms with E-state index in [-0.39, 0.29) is 12.2 Å². The predicted molar refractivity (Wildman–Crippen MR) is 111 cm³/mol. The third-order valence-electron chi connectivity index (χ3n) is 4.82. The second kappa shape index (κ2) is 7.54. The topological polar surface area (TPSA) is 57.6 Å². The summed E-state index contributed by atoms with van der Waals surface area (Å²) in [5.41, 5.74) is 0.188. The van der Waals surface area contributed by atoms with Crippen LogP contribution in [0.15, 0.2) is 78.2 Å². The fourth-order valence-electron chi connectivity index (χ4n) is 3.46. The van der Waals surface area contributed by atoms with Crippen LogP contribution in [-0.4, -0.2) is 16.8 Å². The first kappa shape index (κ1) is 18.3. The van der Waals surface area contributed by atoms with E-state index < -0.39 is 11.5 Å². The Hall–Kier alpha value is -3.02. The molecule has 2 heterocycles. The van der Waals surface area contributed by atoms with Crippen molar-refractivity contribution in [2.24, 2.45) is 0 Å². The Bertz CT molecular complexity index is 1030. The summed E-state index contributed by atoms with van der Waals surface area (Å²) in [5.74, 6) is -0.754. The monoisotopic (exact) mass is 389 g/mol. The fraction of sp³-hybridized carbons (Fsp3) is 0.130. The Morgan fingerprint density at radius 2 is 1.79 bits per heavy atom. The van der Waals surface area contributed by atoms with Gasteiger partial charge in [-0.2, -0.15) is 0 Å². The molecule has 4 rings (SSSR count). The number of anilines is 1. The van der Waals surface area contributed by atoms with Gasteiger partial charge in [-0.15, -0.1) is 11.3 Å². The van der Waals surface area contributed by atoms with Gasteiger partial charge < -0.3 is 10.0 Å². The summed E-state index contributed by atoms with van der Waals surface area (Å²) < 4.78 is 0. The Balaban J connectivity index is 1.59. The first-order valence-corrected chi connectivity index (χ1v) is 9.88. The van der Waals surface area contributed by atoms with Gasteiger partial charge >= 0.3 is 0 Å². The lowest BCUT2D eigenvalue weighted by Gasteiger charge is -2.22. The number of fused-ring (bicyclic) bond motifs is 1. The van der Waals surface area contributed by atoms with Gasteiger partial charge in [0.25, 0.3) is 5.91 Å². The van der Waals surface area contributed by atoms with E-state index in [0.717, 1.165) is 10.4 Å². The van der Waals surface area contributed by atoms with Gasteiger partial charge in [-0.05, 0) is 29.2 Å². The summed E-state index contributed by atoms with van der Waals surface area (Å²) in [5, 5.41) is 13.2. The highest BCUT2D eigenvalue weighted by Crippen LogP contribution is 2.43. The third kappa shape index (κ3) is 3.42. The summed E-state index contributed by atoms with van der Waals surface area (Å²) >= 11 is 1.55. The maximum absolute atomic E-state index is 13.1. The minimum Gasteiger partial charge on any atom is -0.375 e. The van der Waals surface area contributed by atoms with Crippen LogP contribution in [-0.2, 0) is 21.7 Å². The van der Waals surface area contributed by atoms with E-state index in [9.17, 15) is 14.7 Å². The standard InChI is InChI=1S/C23H19NO3S/c25-18(13-12-17-7-2-1-3-8-17)15-23(27)20-10-4-5-11-21(20)24(22(23)26)16-19-9-6-14-28-19/h1-14,27H,15-16H2/b13-12+. The number of benzene rings is 2. The molecule has 2 aromatic carbocycles. The van der Waals surface area contributed by atoms with Crippen LogP contribution in [0.4, 0.5) is 5.69 Å². The number of ketones is 1. The zero-order chi connectivity index (χ0) is 19.6. The number of hydrogen-bond donors (Lipinski definition) is 1. The van der Waals surface area contributed by atoms with Crippen LogP contribution in [0.3, 0.4) is 0 Å². The van der Waals surface area contributed by atoms with Crippen LogP contribution in [0, 0.1) is 0 Å². The van der Waals surface area contributed by atoms with Gasteiger partial charge in [0.05, 0.1) is 18.7 Å². The minimum atomic E-state index is -1.84. The number of carbonyl (C=O) groups excluding carboxylic acids is 2. The smallest absolute Gasteiger partial charge is 0.264 e. The molecule has 0 fully saturated rings.